The molecule has 0 radical (unpaired) electrons. The van der Waals surface area contributed by atoms with E-state index in [1.165, 1.54) is 0 Å². The maximum Gasteiger partial charge on any atom is 0.251 e. The van der Waals surface area contributed by atoms with E-state index < -0.39 is 28.7 Å². The third-order valence-corrected chi connectivity index (χ3v) is 11.0. The molecule has 5 rings (SSSR count). The number of likely N-dealkylation sites (N-methyl/N-ethyl adjacent to an activating group) is 1. The van der Waals surface area contributed by atoms with Crippen molar-refractivity contribution in [3.8, 4) is 0 Å². The number of carbonyl (C=O) groups excluding carboxylic acids is 3. The van der Waals surface area contributed by atoms with Gasteiger partial charge in [-0.3, -0.25) is 14.4 Å². The zero-order valence-corrected chi connectivity index (χ0v) is 25.1. The topological polar surface area (TPSA) is 81.2 Å². The summed E-state index contributed by atoms with van der Waals surface area (Å²) in [6, 6.07) is 12.6. The Balaban J connectivity index is 1.61. The second-order valence-electron chi connectivity index (χ2n) is 12.0. The molecule has 8 heteroatoms. The van der Waals surface area contributed by atoms with Crippen LogP contribution in [0, 0.1) is 17.8 Å². The van der Waals surface area contributed by atoms with Crippen LogP contribution in [-0.2, 0) is 14.4 Å². The fourth-order valence-corrected chi connectivity index (χ4v) is 9.54. The first-order chi connectivity index (χ1) is 19.7. The van der Waals surface area contributed by atoms with Gasteiger partial charge in [0.1, 0.15) is 6.04 Å². The molecule has 6 atom stereocenters. The summed E-state index contributed by atoms with van der Waals surface area (Å²) < 4.78 is -0.727. The molecule has 3 saturated heterocycles. The van der Waals surface area contributed by atoms with Gasteiger partial charge in [0.25, 0.3) is 5.91 Å². The molecule has 3 aliphatic heterocycles. The van der Waals surface area contributed by atoms with Gasteiger partial charge < -0.3 is 19.8 Å². The lowest BCUT2D eigenvalue weighted by molar-refractivity contribution is -0.145. The van der Waals surface area contributed by atoms with Gasteiger partial charge in [-0.25, -0.2) is 0 Å². The quantitative estimate of drug-likeness (QED) is 0.399. The van der Waals surface area contributed by atoms with E-state index >= 15 is 0 Å². The number of carbonyl (C=O) groups is 3. The Morgan fingerprint density at radius 2 is 1.83 bits per heavy atom. The monoisotopic (exact) mass is 575 g/mol. The molecule has 1 N–H and O–H groups in total. The van der Waals surface area contributed by atoms with Gasteiger partial charge in [0.05, 0.1) is 29.2 Å². The zero-order valence-electron chi connectivity index (χ0n) is 24.2. The summed E-state index contributed by atoms with van der Waals surface area (Å²) >= 11 is 1.65. The number of benzene rings is 2. The van der Waals surface area contributed by atoms with Gasteiger partial charge >= 0.3 is 0 Å². The molecule has 3 fully saturated rings. The van der Waals surface area contributed by atoms with E-state index in [1.54, 1.807) is 45.7 Å². The number of fused-ring (bicyclic) bond motifs is 2. The maximum absolute atomic E-state index is 14.9. The lowest BCUT2D eigenvalue weighted by atomic mass is 9.70. The zero-order chi connectivity index (χ0) is 29.5. The largest absolute Gasteiger partial charge is 0.394 e. The Bertz CT molecular complexity index is 1360. The van der Waals surface area contributed by atoms with Crippen molar-refractivity contribution in [2.75, 3.05) is 31.6 Å². The van der Waals surface area contributed by atoms with Crippen LogP contribution in [0.2, 0.25) is 0 Å². The van der Waals surface area contributed by atoms with Crippen molar-refractivity contribution in [1.82, 2.24) is 9.80 Å². The summed E-state index contributed by atoms with van der Waals surface area (Å²) in [6.07, 6.45) is 5.41. The number of nitrogens with zero attached hydrogens (tertiary/aromatic N) is 3. The summed E-state index contributed by atoms with van der Waals surface area (Å²) in [4.78, 5) is 48.1. The number of aliphatic hydroxyl groups excluding tert-OH is 1. The van der Waals surface area contributed by atoms with Crippen LogP contribution in [-0.4, -0.2) is 81.5 Å². The van der Waals surface area contributed by atoms with E-state index in [0.29, 0.717) is 19.4 Å². The average Bonchev–Trinajstić information content (AvgIpc) is 3.61. The fraction of sp³-hybridized carbons (Fsp3) is 0.485. The molecule has 3 amide bonds. The van der Waals surface area contributed by atoms with E-state index in [1.807, 2.05) is 42.5 Å². The van der Waals surface area contributed by atoms with Crippen molar-refractivity contribution in [2.45, 2.75) is 55.2 Å². The highest BCUT2D eigenvalue weighted by molar-refractivity contribution is 8.02. The molecule has 3 heterocycles. The number of anilines is 1. The lowest BCUT2D eigenvalue weighted by Gasteiger charge is -2.40. The fourth-order valence-electron chi connectivity index (χ4n) is 7.35. The maximum atomic E-state index is 14.9. The number of thioether (sulfide) groups is 1. The standard InChI is InChI=1S/C33H41N3O4S/c1-6-16-34(5)30(38)27-26-14-15-33(41-26)28(27)31(39)36(25(20-37)18-21(3)4)29(33)32(40)35(17-7-2)24-13-12-22-10-8-9-11-23(22)19-24/h6-13,19,21,25-29,37H,1-2,14-18,20H2,3-5H3/t25-,26+,27-,28+,29?,33?/m1/s1. The third kappa shape index (κ3) is 4.89. The van der Waals surface area contributed by atoms with Gasteiger partial charge in [-0.1, -0.05) is 56.3 Å². The van der Waals surface area contributed by atoms with Crippen LogP contribution in [0.4, 0.5) is 5.69 Å². The molecule has 2 aromatic rings. The van der Waals surface area contributed by atoms with Crippen molar-refractivity contribution >= 4 is 45.9 Å². The number of amides is 3. The third-order valence-electron chi connectivity index (χ3n) is 9.01. The van der Waals surface area contributed by atoms with Crippen LogP contribution < -0.4 is 4.90 Å². The van der Waals surface area contributed by atoms with E-state index in [2.05, 4.69) is 27.0 Å². The molecule has 7 nitrogen and oxygen atoms in total. The number of aliphatic hydroxyl groups is 1. The molecule has 0 saturated carbocycles. The molecule has 1 spiro atoms. The first kappa shape index (κ1) is 29.4. The molecule has 2 bridgehead atoms. The van der Waals surface area contributed by atoms with Gasteiger partial charge in [-0.2, -0.15) is 0 Å². The van der Waals surface area contributed by atoms with Crippen LogP contribution in [0.1, 0.15) is 33.1 Å². The minimum absolute atomic E-state index is 0.0210. The van der Waals surface area contributed by atoms with E-state index in [0.717, 1.165) is 22.9 Å². The highest BCUT2D eigenvalue weighted by Crippen LogP contribution is 2.67. The molecule has 2 unspecified atom stereocenters. The number of hydrogen-bond acceptors (Lipinski definition) is 5. The number of rotatable bonds is 11. The Morgan fingerprint density at radius 1 is 1.12 bits per heavy atom. The Morgan fingerprint density at radius 3 is 2.49 bits per heavy atom. The predicted molar refractivity (Wildman–Crippen MR) is 166 cm³/mol. The van der Waals surface area contributed by atoms with E-state index in [4.69, 9.17) is 0 Å². The summed E-state index contributed by atoms with van der Waals surface area (Å²) in [6.45, 7) is 12.2. The highest BCUT2D eigenvalue weighted by Gasteiger charge is 2.74. The molecule has 41 heavy (non-hydrogen) atoms. The Hall–Kier alpha value is -3.10. The van der Waals surface area contributed by atoms with Crippen molar-refractivity contribution in [3.05, 3.63) is 67.8 Å². The van der Waals surface area contributed by atoms with Gasteiger partial charge in [0.2, 0.25) is 11.8 Å². The molecular weight excluding hydrogens is 534 g/mol. The predicted octanol–water partition coefficient (Wildman–Crippen LogP) is 4.50. The van der Waals surface area contributed by atoms with Crippen molar-refractivity contribution in [1.29, 1.82) is 0 Å². The van der Waals surface area contributed by atoms with Crippen LogP contribution >= 0.6 is 11.8 Å². The SMILES string of the molecule is C=CCN(C)C(=O)[C@@H]1[C@@H]2CCC3(S2)C(C(=O)N(CC=C)c2ccc4ccccc4c2)N([C@@H](CO)CC(C)C)C(=O)[C@H]13. The summed E-state index contributed by atoms with van der Waals surface area (Å²) in [5.74, 6) is -1.34. The van der Waals surface area contributed by atoms with Gasteiger partial charge in [0, 0.05) is 31.1 Å². The first-order valence-corrected chi connectivity index (χ1v) is 15.4. The molecular formula is C33H41N3O4S. The minimum Gasteiger partial charge on any atom is -0.394 e. The lowest BCUT2D eigenvalue weighted by Crippen LogP contribution is -2.58. The van der Waals surface area contributed by atoms with Crippen LogP contribution in [0.25, 0.3) is 10.8 Å². The normalized spacial score (nSPS) is 27.2. The van der Waals surface area contributed by atoms with Crippen molar-refractivity contribution in [2.24, 2.45) is 17.8 Å². The molecule has 3 aliphatic rings. The van der Waals surface area contributed by atoms with Gasteiger partial charge in [-0.15, -0.1) is 24.9 Å². The minimum atomic E-state index is -0.792. The van der Waals surface area contributed by atoms with E-state index in [9.17, 15) is 19.5 Å². The molecule has 0 aliphatic carbocycles. The van der Waals surface area contributed by atoms with E-state index in [-0.39, 0.29) is 42.0 Å². The first-order valence-electron chi connectivity index (χ1n) is 14.6. The Labute approximate surface area is 247 Å². The summed E-state index contributed by atoms with van der Waals surface area (Å²) in [7, 11) is 1.74. The smallest absolute Gasteiger partial charge is 0.251 e. The highest BCUT2D eigenvalue weighted by atomic mass is 32.2. The second kappa shape index (κ2) is 11.6. The Kier molecular flexibility index (Phi) is 8.35. The van der Waals surface area contributed by atoms with Crippen molar-refractivity contribution < 1.29 is 19.5 Å². The van der Waals surface area contributed by atoms with Crippen LogP contribution in [0.5, 0.6) is 0 Å². The summed E-state index contributed by atoms with van der Waals surface area (Å²) in [5, 5.41) is 12.6. The average molecular weight is 576 g/mol. The van der Waals surface area contributed by atoms with Crippen LogP contribution in [0.15, 0.2) is 67.8 Å². The van der Waals surface area contributed by atoms with Gasteiger partial charge in [0.15, 0.2) is 0 Å². The molecule has 2 aromatic carbocycles. The van der Waals surface area contributed by atoms with Crippen LogP contribution in [0.3, 0.4) is 0 Å². The van der Waals surface area contributed by atoms with Crippen molar-refractivity contribution in [3.63, 3.8) is 0 Å². The van der Waals surface area contributed by atoms with Gasteiger partial charge in [-0.05, 0) is 48.1 Å². The molecule has 0 aromatic heterocycles. The number of hydrogen-bond donors (Lipinski definition) is 1. The number of likely N-dealkylation sites (tertiary alicyclic amines) is 1. The molecule has 218 valence electrons. The summed E-state index contributed by atoms with van der Waals surface area (Å²) in [5.41, 5.74) is 0.737. The second-order valence-corrected chi connectivity index (χ2v) is 13.6.